The van der Waals surface area contributed by atoms with Crippen molar-refractivity contribution in [3.63, 3.8) is 0 Å². The summed E-state index contributed by atoms with van der Waals surface area (Å²) in [6.07, 6.45) is 5.82. The molecule has 1 heterocycles. The summed E-state index contributed by atoms with van der Waals surface area (Å²) in [6, 6.07) is 0. The first kappa shape index (κ1) is 5.34. The molecule has 0 atom stereocenters. The van der Waals surface area contributed by atoms with E-state index in [1.807, 2.05) is 21.9 Å². The fourth-order valence-electron chi connectivity index (χ4n) is 0.494. The average molecular weight is 289 g/mol. The van der Waals surface area contributed by atoms with Crippen molar-refractivity contribution in [2.45, 2.75) is 3.98 Å². The van der Waals surface area contributed by atoms with Crippen molar-refractivity contribution in [1.29, 1.82) is 0 Å². The van der Waals surface area contributed by atoms with Crippen LogP contribution in [0.25, 0.3) is 0 Å². The molecule has 0 unspecified atom stereocenters. The van der Waals surface area contributed by atoms with Crippen molar-refractivity contribution >= 4 is 22.7 Å². The van der Waals surface area contributed by atoms with Crippen LogP contribution in [0.15, 0.2) is 21.9 Å². The van der Waals surface area contributed by atoms with Crippen LogP contribution in [0.1, 0.15) is 0 Å². The monoisotopic (exact) mass is 290 g/mol. The van der Waals surface area contributed by atoms with Gasteiger partial charge in [0.05, 0.1) is 0 Å². The molecule has 1 nitrogen and oxygen atoms in total. The van der Waals surface area contributed by atoms with Crippen molar-refractivity contribution in [2.24, 2.45) is 0 Å². The zero-order chi connectivity index (χ0) is 5.11. The maximum absolute atomic E-state index is 10.6. The third kappa shape index (κ3) is 1.63. The molecule has 0 amide bonds. The Morgan fingerprint density at radius 1 is 1.43 bits per heavy atom. The van der Waals surface area contributed by atoms with Crippen LogP contribution in [-0.4, -0.2) is 22.7 Å². The van der Waals surface area contributed by atoms with Gasteiger partial charge in [0, 0.05) is 0 Å². The van der Waals surface area contributed by atoms with Gasteiger partial charge in [-0.2, -0.15) is 0 Å². The first-order valence-electron chi connectivity index (χ1n) is 2.25. The molecule has 2 heteroatoms. The van der Waals surface area contributed by atoms with Gasteiger partial charge in [0.2, 0.25) is 0 Å². The summed E-state index contributed by atoms with van der Waals surface area (Å²) in [6.45, 7) is 0. The van der Waals surface area contributed by atoms with Crippen LogP contribution in [-0.2, 0) is 2.69 Å². The minimum absolute atomic E-state index is 0.876. The Balaban J connectivity index is 2.66. The Morgan fingerprint density at radius 2 is 2.29 bits per heavy atom. The van der Waals surface area contributed by atoms with Crippen LogP contribution in [0.2, 0.25) is 3.98 Å². The molecule has 0 aromatic rings. The van der Waals surface area contributed by atoms with E-state index in [9.17, 15) is 2.69 Å². The molecule has 0 N–H and O–H groups in total. The fraction of sp³-hybridized carbons (Fsp3) is 0.200. The van der Waals surface area contributed by atoms with Crippen molar-refractivity contribution in [2.75, 3.05) is 0 Å². The minimum atomic E-state index is -2.21. The second kappa shape index (κ2) is 2.49. The molecule has 0 saturated carbocycles. The van der Waals surface area contributed by atoms with Gasteiger partial charge < -0.3 is 0 Å². The molecular weight excluding hydrogens is 283 g/mol. The Kier molecular flexibility index (Phi) is 1.90. The van der Waals surface area contributed by atoms with Crippen molar-refractivity contribution in [1.82, 2.24) is 0 Å². The van der Waals surface area contributed by atoms with Gasteiger partial charge >= 0.3 is 51.2 Å². The molecule has 0 saturated heterocycles. The summed E-state index contributed by atoms with van der Waals surface area (Å²) < 4.78 is 13.4. The van der Waals surface area contributed by atoms with Crippen LogP contribution in [0.5, 0.6) is 0 Å². The maximum atomic E-state index is 10.6. The Morgan fingerprint density at radius 3 is 2.57 bits per heavy atom. The zero-order valence-electron chi connectivity index (χ0n) is 3.92. The van der Waals surface area contributed by atoms with E-state index in [-0.39, 0.29) is 0 Å². The van der Waals surface area contributed by atoms with E-state index in [0.29, 0.717) is 0 Å². The van der Waals surface area contributed by atoms with Gasteiger partial charge in [-0.25, -0.2) is 0 Å². The average Bonchev–Trinajstić information content (AvgIpc) is 1.69. The van der Waals surface area contributed by atoms with Gasteiger partial charge in [-0.05, 0) is 0 Å². The molecule has 1 aliphatic rings. The van der Waals surface area contributed by atoms with Gasteiger partial charge in [-0.15, -0.1) is 0 Å². The predicted octanol–water partition coefficient (Wildman–Crippen LogP) is 1.07. The van der Waals surface area contributed by atoms with Crippen molar-refractivity contribution in [3.05, 3.63) is 21.9 Å². The van der Waals surface area contributed by atoms with Gasteiger partial charge in [-0.1, -0.05) is 0 Å². The third-order valence-electron chi connectivity index (χ3n) is 0.848. The molecule has 0 spiro atoms. The van der Waals surface area contributed by atoms with Crippen molar-refractivity contribution < 1.29 is 2.69 Å². The van der Waals surface area contributed by atoms with Gasteiger partial charge in [0.15, 0.2) is 0 Å². The molecule has 0 radical (unpaired) electrons. The Hall–Kier alpha value is 0.202. The fourth-order valence-corrected chi connectivity index (χ4v) is 3.72. The molecule has 0 aromatic heterocycles. The Labute approximate surface area is 51.3 Å². The normalized spacial score (nSPS) is 18.0. The quantitative estimate of drug-likeness (QED) is 0.610. The zero-order valence-corrected chi connectivity index (χ0v) is 7.81. The predicted molar refractivity (Wildman–Crippen MR) is 29.5 cm³/mol. The second-order valence-electron chi connectivity index (χ2n) is 1.46. The molecule has 0 bridgehead atoms. The first-order chi connectivity index (χ1) is 3.39. The first-order valence-corrected chi connectivity index (χ1v) is 8.83. The number of hydrogen-bond acceptors (Lipinski definition) is 1. The Bertz CT molecular complexity index is 135. The standard InChI is InChI=1S/C5H6.O.Pb/c1-3-5-4-2;;/h1,3-5H,2H2;;. The van der Waals surface area contributed by atoms with Crippen LogP contribution in [0.3, 0.4) is 0 Å². The van der Waals surface area contributed by atoms with Crippen LogP contribution in [0.4, 0.5) is 0 Å². The van der Waals surface area contributed by atoms with E-state index in [4.69, 9.17) is 0 Å². The third-order valence-corrected chi connectivity index (χ3v) is 5.52. The molecule has 1 aliphatic heterocycles. The molecule has 36 valence electrons. The molecule has 7 heavy (non-hydrogen) atoms. The molecule has 0 aliphatic carbocycles. The summed E-state index contributed by atoms with van der Waals surface area (Å²) in [5.74, 6) is 0. The van der Waals surface area contributed by atoms with Crippen LogP contribution in [0, 0.1) is 0 Å². The second-order valence-corrected chi connectivity index (χ2v) is 7.97. The molecule has 0 aromatic carbocycles. The molecule has 0 fully saturated rings. The van der Waals surface area contributed by atoms with Crippen LogP contribution < -0.4 is 0 Å². The number of rotatable bonds is 0. The molecular formula is C5H6OPb. The van der Waals surface area contributed by atoms with E-state index in [1.54, 1.807) is 0 Å². The van der Waals surface area contributed by atoms with Crippen LogP contribution >= 0.6 is 0 Å². The van der Waals surface area contributed by atoms with E-state index >= 15 is 0 Å². The summed E-state index contributed by atoms with van der Waals surface area (Å²) in [5, 5.41) is 0. The number of hydrogen-bond donors (Lipinski definition) is 0. The van der Waals surface area contributed by atoms with E-state index in [0.717, 1.165) is 3.98 Å². The van der Waals surface area contributed by atoms with E-state index in [2.05, 4.69) is 0 Å². The molecule has 1 rings (SSSR count). The van der Waals surface area contributed by atoms with Gasteiger partial charge in [0.1, 0.15) is 0 Å². The SMILES string of the molecule is [O]=[Pb]1[CH]=CC=C[CH2]1. The number of allylic oxidation sites excluding steroid dienone is 3. The van der Waals surface area contributed by atoms with Gasteiger partial charge in [-0.3, -0.25) is 0 Å². The summed E-state index contributed by atoms with van der Waals surface area (Å²) >= 11 is -2.21. The summed E-state index contributed by atoms with van der Waals surface area (Å²) in [4.78, 5) is 0. The summed E-state index contributed by atoms with van der Waals surface area (Å²) in [7, 11) is 0. The topological polar surface area (TPSA) is 17.1 Å². The summed E-state index contributed by atoms with van der Waals surface area (Å²) in [5.41, 5.74) is 0. The van der Waals surface area contributed by atoms with Gasteiger partial charge in [0.25, 0.3) is 0 Å². The van der Waals surface area contributed by atoms with E-state index < -0.39 is 22.7 Å². The van der Waals surface area contributed by atoms with Crippen molar-refractivity contribution in [3.8, 4) is 0 Å². The van der Waals surface area contributed by atoms with E-state index in [1.165, 1.54) is 0 Å².